The van der Waals surface area contributed by atoms with Gasteiger partial charge in [0.05, 0.1) is 29.3 Å². The molecule has 1 amide bonds. The maximum atomic E-state index is 13.1. The Morgan fingerprint density at radius 3 is 2.70 bits per heavy atom. The number of nitrogens with zero attached hydrogens (tertiary/aromatic N) is 3. The molecule has 0 unspecified atom stereocenters. The zero-order valence-corrected chi connectivity index (χ0v) is 18.9. The SMILES string of the molecule is CCc1ccccc1-n1cnnc1SCC(=O)Nc1cc(C(F)(F)F)ccc1OCCOC. The van der Waals surface area contributed by atoms with Crippen molar-refractivity contribution in [1.82, 2.24) is 14.8 Å². The highest BCUT2D eigenvalue weighted by molar-refractivity contribution is 7.99. The number of thioether (sulfide) groups is 1. The number of halogens is 3. The van der Waals surface area contributed by atoms with E-state index in [4.69, 9.17) is 9.47 Å². The largest absolute Gasteiger partial charge is 0.489 e. The fourth-order valence-electron chi connectivity index (χ4n) is 3.01. The van der Waals surface area contributed by atoms with Gasteiger partial charge in [0, 0.05) is 7.11 Å². The van der Waals surface area contributed by atoms with E-state index in [1.165, 1.54) is 13.2 Å². The molecular weight excluding hydrogens is 457 g/mol. The zero-order valence-electron chi connectivity index (χ0n) is 18.1. The third-order valence-electron chi connectivity index (χ3n) is 4.61. The van der Waals surface area contributed by atoms with Crippen molar-refractivity contribution in [1.29, 1.82) is 0 Å². The number of aryl methyl sites for hydroxylation is 1. The number of benzene rings is 2. The first-order valence-electron chi connectivity index (χ1n) is 10.1. The van der Waals surface area contributed by atoms with Crippen LogP contribution in [0.25, 0.3) is 5.69 Å². The minimum absolute atomic E-state index is 0.0654. The van der Waals surface area contributed by atoms with Gasteiger partial charge in [0.25, 0.3) is 0 Å². The number of rotatable bonds is 10. The summed E-state index contributed by atoms with van der Waals surface area (Å²) in [6.45, 7) is 2.41. The molecule has 0 radical (unpaired) electrons. The van der Waals surface area contributed by atoms with Crippen molar-refractivity contribution in [2.75, 3.05) is 31.4 Å². The first-order chi connectivity index (χ1) is 15.8. The number of carbonyl (C=O) groups excluding carboxylic acids is 1. The topological polar surface area (TPSA) is 78.3 Å². The van der Waals surface area contributed by atoms with E-state index in [2.05, 4.69) is 15.5 Å². The highest BCUT2D eigenvalue weighted by Crippen LogP contribution is 2.35. The Kier molecular flexibility index (Phi) is 8.34. The number of alkyl halides is 3. The van der Waals surface area contributed by atoms with Crippen molar-refractivity contribution in [3.63, 3.8) is 0 Å². The highest BCUT2D eigenvalue weighted by Gasteiger charge is 2.31. The van der Waals surface area contributed by atoms with Crippen LogP contribution in [-0.4, -0.2) is 46.7 Å². The van der Waals surface area contributed by atoms with E-state index in [0.717, 1.165) is 41.6 Å². The Morgan fingerprint density at radius 1 is 1.18 bits per heavy atom. The number of aromatic nitrogens is 3. The first kappa shape index (κ1) is 24.6. The molecular formula is C22H23F3N4O3S. The summed E-state index contributed by atoms with van der Waals surface area (Å²) in [6.07, 6.45) is -2.19. The molecule has 7 nitrogen and oxygen atoms in total. The second-order valence-corrected chi connectivity index (χ2v) is 7.80. The summed E-state index contributed by atoms with van der Waals surface area (Å²) in [5.41, 5.74) is 1.04. The lowest BCUT2D eigenvalue weighted by Crippen LogP contribution is -2.17. The molecule has 0 fully saturated rings. The van der Waals surface area contributed by atoms with Gasteiger partial charge < -0.3 is 14.8 Å². The zero-order chi connectivity index (χ0) is 23.8. The predicted molar refractivity (Wildman–Crippen MR) is 119 cm³/mol. The van der Waals surface area contributed by atoms with Crippen molar-refractivity contribution >= 4 is 23.4 Å². The van der Waals surface area contributed by atoms with E-state index in [0.29, 0.717) is 5.16 Å². The quantitative estimate of drug-likeness (QED) is 0.338. The minimum Gasteiger partial charge on any atom is -0.489 e. The number of hydrogen-bond acceptors (Lipinski definition) is 6. The predicted octanol–water partition coefficient (Wildman–Crippen LogP) is 4.60. The van der Waals surface area contributed by atoms with Gasteiger partial charge in [-0.25, -0.2) is 0 Å². The maximum absolute atomic E-state index is 13.1. The summed E-state index contributed by atoms with van der Waals surface area (Å²) in [5.74, 6) is -0.464. The van der Waals surface area contributed by atoms with Gasteiger partial charge in [-0.3, -0.25) is 9.36 Å². The van der Waals surface area contributed by atoms with E-state index >= 15 is 0 Å². The summed E-state index contributed by atoms with van der Waals surface area (Å²) >= 11 is 1.13. The summed E-state index contributed by atoms with van der Waals surface area (Å²) < 4.78 is 51.6. The number of ether oxygens (including phenoxy) is 2. The number of carbonyl (C=O) groups is 1. The lowest BCUT2D eigenvalue weighted by molar-refractivity contribution is -0.137. The third-order valence-corrected chi connectivity index (χ3v) is 5.55. The molecule has 1 heterocycles. The normalized spacial score (nSPS) is 11.4. The second kappa shape index (κ2) is 11.2. The lowest BCUT2D eigenvalue weighted by atomic mass is 10.1. The van der Waals surface area contributed by atoms with Gasteiger partial charge in [-0.1, -0.05) is 36.9 Å². The number of anilines is 1. The summed E-state index contributed by atoms with van der Waals surface area (Å²) in [7, 11) is 1.48. The molecule has 1 N–H and O–H groups in total. The Morgan fingerprint density at radius 2 is 1.97 bits per heavy atom. The molecule has 0 bridgehead atoms. The molecule has 0 atom stereocenters. The maximum Gasteiger partial charge on any atom is 0.416 e. The molecule has 0 aliphatic carbocycles. The molecule has 2 aromatic carbocycles. The Labute approximate surface area is 193 Å². The van der Waals surface area contributed by atoms with Crippen LogP contribution in [0.3, 0.4) is 0 Å². The molecule has 11 heteroatoms. The van der Waals surface area contributed by atoms with Crippen molar-refractivity contribution in [3.8, 4) is 11.4 Å². The molecule has 0 saturated heterocycles. The summed E-state index contributed by atoms with van der Waals surface area (Å²) in [6, 6.07) is 10.7. The van der Waals surface area contributed by atoms with Gasteiger partial charge in [0.1, 0.15) is 18.7 Å². The van der Waals surface area contributed by atoms with Crippen molar-refractivity contribution in [2.24, 2.45) is 0 Å². The van der Waals surface area contributed by atoms with Gasteiger partial charge in [-0.05, 0) is 36.2 Å². The van der Waals surface area contributed by atoms with Gasteiger partial charge in [-0.2, -0.15) is 13.2 Å². The standard InChI is InChI=1S/C22H23F3N4O3S/c1-3-15-6-4-5-7-18(15)29-14-26-28-21(29)33-13-20(30)27-17-12-16(22(23,24)25)8-9-19(17)32-11-10-31-2/h4-9,12,14H,3,10-11,13H2,1-2H3,(H,27,30). The molecule has 3 rings (SSSR count). The summed E-state index contributed by atoms with van der Waals surface area (Å²) in [5, 5.41) is 11.0. The van der Waals surface area contributed by atoms with Crippen LogP contribution >= 0.6 is 11.8 Å². The van der Waals surface area contributed by atoms with E-state index in [1.807, 2.05) is 31.2 Å². The molecule has 1 aromatic heterocycles. The van der Waals surface area contributed by atoms with E-state index in [9.17, 15) is 18.0 Å². The molecule has 3 aromatic rings. The van der Waals surface area contributed by atoms with Gasteiger partial charge >= 0.3 is 6.18 Å². The fraction of sp³-hybridized carbons (Fsp3) is 0.318. The van der Waals surface area contributed by atoms with Crippen LogP contribution in [0.1, 0.15) is 18.1 Å². The molecule has 0 aliphatic rings. The third kappa shape index (κ3) is 6.48. The fourth-order valence-corrected chi connectivity index (χ4v) is 3.74. The average molecular weight is 481 g/mol. The molecule has 176 valence electrons. The van der Waals surface area contributed by atoms with Gasteiger partial charge in [0.15, 0.2) is 5.16 Å². The molecule has 33 heavy (non-hydrogen) atoms. The van der Waals surface area contributed by atoms with Crippen molar-refractivity contribution < 1.29 is 27.4 Å². The second-order valence-electron chi connectivity index (χ2n) is 6.85. The van der Waals surface area contributed by atoms with Crippen molar-refractivity contribution in [3.05, 3.63) is 59.9 Å². The molecule has 0 aliphatic heterocycles. The van der Waals surface area contributed by atoms with Crippen LogP contribution < -0.4 is 10.1 Å². The molecule has 0 saturated carbocycles. The van der Waals surface area contributed by atoms with E-state index in [1.54, 1.807) is 10.9 Å². The van der Waals surface area contributed by atoms with E-state index in [-0.39, 0.29) is 30.4 Å². The summed E-state index contributed by atoms with van der Waals surface area (Å²) in [4.78, 5) is 12.6. The number of para-hydroxylation sites is 1. The van der Waals surface area contributed by atoms with Gasteiger partial charge in [-0.15, -0.1) is 10.2 Å². The van der Waals surface area contributed by atoms with Crippen LogP contribution in [0.4, 0.5) is 18.9 Å². The number of amides is 1. The average Bonchev–Trinajstić information content (AvgIpc) is 3.26. The highest BCUT2D eigenvalue weighted by atomic mass is 32.2. The smallest absolute Gasteiger partial charge is 0.416 e. The van der Waals surface area contributed by atoms with Crippen LogP contribution in [-0.2, 0) is 22.1 Å². The van der Waals surface area contributed by atoms with E-state index < -0.39 is 17.6 Å². The molecule has 0 spiro atoms. The van der Waals surface area contributed by atoms with Crippen LogP contribution in [0.5, 0.6) is 5.75 Å². The number of hydrogen-bond donors (Lipinski definition) is 1. The first-order valence-corrected chi connectivity index (χ1v) is 11.1. The van der Waals surface area contributed by atoms with Crippen LogP contribution in [0.2, 0.25) is 0 Å². The monoisotopic (exact) mass is 480 g/mol. The van der Waals surface area contributed by atoms with Gasteiger partial charge in [0.2, 0.25) is 5.91 Å². The van der Waals surface area contributed by atoms with Crippen LogP contribution in [0.15, 0.2) is 53.9 Å². The lowest BCUT2D eigenvalue weighted by Gasteiger charge is -2.15. The Hall–Kier alpha value is -3.05. The Bertz CT molecular complexity index is 1090. The Balaban J connectivity index is 1.73. The minimum atomic E-state index is -4.55. The van der Waals surface area contributed by atoms with Crippen molar-refractivity contribution in [2.45, 2.75) is 24.7 Å². The van der Waals surface area contributed by atoms with Crippen LogP contribution in [0, 0.1) is 0 Å². The number of nitrogens with one attached hydrogen (secondary N) is 1. The number of methoxy groups -OCH3 is 1.